The average Bonchev–Trinajstić information content (AvgIpc) is 2.66. The summed E-state index contributed by atoms with van der Waals surface area (Å²) in [4.78, 5) is 6.49. The number of methoxy groups -OCH3 is 1. The van der Waals surface area contributed by atoms with E-state index in [1.54, 1.807) is 7.11 Å². The SMILES string of the molecule is COC(C)(C)CC1(C)CN=C(N)N1c1ccc(Cl)cc1. The van der Waals surface area contributed by atoms with E-state index < -0.39 is 0 Å². The lowest BCUT2D eigenvalue weighted by Crippen LogP contribution is -2.53. The van der Waals surface area contributed by atoms with E-state index in [2.05, 4.69) is 30.7 Å². The number of ether oxygens (including phenoxy) is 1. The van der Waals surface area contributed by atoms with Gasteiger partial charge in [-0.05, 0) is 45.0 Å². The van der Waals surface area contributed by atoms with Crippen molar-refractivity contribution in [3.05, 3.63) is 29.3 Å². The smallest absolute Gasteiger partial charge is 0.196 e. The minimum Gasteiger partial charge on any atom is -0.379 e. The monoisotopic (exact) mass is 295 g/mol. The molecular weight excluding hydrogens is 274 g/mol. The highest BCUT2D eigenvalue weighted by atomic mass is 35.5. The number of rotatable bonds is 4. The van der Waals surface area contributed by atoms with E-state index in [0.717, 1.165) is 12.1 Å². The van der Waals surface area contributed by atoms with Gasteiger partial charge in [0.05, 0.1) is 17.7 Å². The quantitative estimate of drug-likeness (QED) is 0.929. The Labute approximate surface area is 125 Å². The van der Waals surface area contributed by atoms with Crippen LogP contribution in [0.15, 0.2) is 29.3 Å². The summed E-state index contributed by atoms with van der Waals surface area (Å²) in [5, 5.41) is 0.711. The first-order valence-corrected chi connectivity index (χ1v) is 7.06. The minimum absolute atomic E-state index is 0.197. The molecule has 0 amide bonds. The lowest BCUT2D eigenvalue weighted by Gasteiger charge is -2.41. The largest absolute Gasteiger partial charge is 0.379 e. The van der Waals surface area contributed by atoms with Crippen molar-refractivity contribution in [2.45, 2.75) is 38.3 Å². The molecule has 0 aromatic heterocycles. The second kappa shape index (κ2) is 5.26. The maximum atomic E-state index is 6.09. The lowest BCUT2D eigenvalue weighted by atomic mass is 9.86. The lowest BCUT2D eigenvalue weighted by molar-refractivity contribution is 0.00152. The highest BCUT2D eigenvalue weighted by Crippen LogP contribution is 2.35. The number of hydrogen-bond donors (Lipinski definition) is 1. The van der Waals surface area contributed by atoms with Gasteiger partial charge in [-0.3, -0.25) is 4.99 Å². The summed E-state index contributed by atoms with van der Waals surface area (Å²) in [5.74, 6) is 0.543. The van der Waals surface area contributed by atoms with Crippen molar-refractivity contribution in [1.82, 2.24) is 0 Å². The summed E-state index contributed by atoms with van der Waals surface area (Å²) in [5.41, 5.74) is 6.66. The molecule has 0 saturated heterocycles. The van der Waals surface area contributed by atoms with Gasteiger partial charge in [-0.15, -0.1) is 0 Å². The maximum Gasteiger partial charge on any atom is 0.196 e. The molecule has 20 heavy (non-hydrogen) atoms. The minimum atomic E-state index is -0.237. The van der Waals surface area contributed by atoms with Crippen LogP contribution in [0, 0.1) is 0 Å². The first-order valence-electron chi connectivity index (χ1n) is 6.68. The van der Waals surface area contributed by atoms with Crippen LogP contribution in [-0.4, -0.2) is 30.8 Å². The van der Waals surface area contributed by atoms with E-state index in [0.29, 0.717) is 17.5 Å². The molecule has 2 N–H and O–H groups in total. The number of nitrogens with zero attached hydrogens (tertiary/aromatic N) is 2. The highest BCUT2D eigenvalue weighted by molar-refractivity contribution is 6.30. The number of anilines is 1. The van der Waals surface area contributed by atoms with Crippen LogP contribution in [-0.2, 0) is 4.74 Å². The molecule has 2 rings (SSSR count). The zero-order chi connectivity index (χ0) is 15.0. The topological polar surface area (TPSA) is 50.9 Å². The molecule has 0 spiro atoms. The molecule has 110 valence electrons. The van der Waals surface area contributed by atoms with Crippen molar-refractivity contribution >= 4 is 23.2 Å². The van der Waals surface area contributed by atoms with Gasteiger partial charge in [0.1, 0.15) is 0 Å². The first-order chi connectivity index (χ1) is 9.27. The van der Waals surface area contributed by atoms with E-state index in [-0.39, 0.29) is 11.1 Å². The number of aliphatic imine (C=N–C) groups is 1. The molecule has 1 aliphatic rings. The van der Waals surface area contributed by atoms with Crippen molar-refractivity contribution in [2.24, 2.45) is 10.7 Å². The summed E-state index contributed by atoms with van der Waals surface area (Å²) in [6.45, 7) is 6.97. The van der Waals surface area contributed by atoms with Gasteiger partial charge in [0, 0.05) is 24.2 Å². The van der Waals surface area contributed by atoms with Crippen molar-refractivity contribution in [1.29, 1.82) is 0 Å². The molecule has 1 aromatic rings. The third-order valence-electron chi connectivity index (χ3n) is 3.79. The zero-order valence-electron chi connectivity index (χ0n) is 12.5. The van der Waals surface area contributed by atoms with Crippen LogP contribution in [0.2, 0.25) is 5.02 Å². The predicted octanol–water partition coefficient (Wildman–Crippen LogP) is 3.05. The molecular formula is C15H22ClN3O. The van der Waals surface area contributed by atoms with E-state index in [9.17, 15) is 0 Å². The van der Waals surface area contributed by atoms with Crippen molar-refractivity contribution in [3.63, 3.8) is 0 Å². The highest BCUT2D eigenvalue weighted by Gasteiger charge is 2.43. The molecule has 1 heterocycles. The van der Waals surface area contributed by atoms with Crippen molar-refractivity contribution in [2.75, 3.05) is 18.6 Å². The fourth-order valence-electron chi connectivity index (χ4n) is 2.83. The Bertz CT molecular complexity index is 512. The summed E-state index contributed by atoms with van der Waals surface area (Å²) in [7, 11) is 1.73. The predicted molar refractivity (Wildman–Crippen MR) is 84.5 cm³/mol. The second-order valence-electron chi connectivity index (χ2n) is 6.12. The Hall–Kier alpha value is -1.26. The molecule has 4 nitrogen and oxygen atoms in total. The average molecular weight is 296 g/mol. The summed E-state index contributed by atoms with van der Waals surface area (Å²) < 4.78 is 5.56. The summed E-state index contributed by atoms with van der Waals surface area (Å²) in [6, 6.07) is 7.66. The Morgan fingerprint density at radius 2 is 2.00 bits per heavy atom. The van der Waals surface area contributed by atoms with Gasteiger partial charge in [-0.1, -0.05) is 11.6 Å². The number of nitrogens with two attached hydrogens (primary N) is 1. The van der Waals surface area contributed by atoms with Gasteiger partial charge in [-0.2, -0.15) is 0 Å². The van der Waals surface area contributed by atoms with Crippen molar-refractivity contribution in [3.8, 4) is 0 Å². The zero-order valence-corrected chi connectivity index (χ0v) is 13.2. The summed E-state index contributed by atoms with van der Waals surface area (Å²) >= 11 is 5.95. The van der Waals surface area contributed by atoms with Gasteiger partial charge in [0.25, 0.3) is 0 Å². The molecule has 1 unspecified atom stereocenters. The number of hydrogen-bond acceptors (Lipinski definition) is 4. The Morgan fingerprint density at radius 3 is 2.55 bits per heavy atom. The third-order valence-corrected chi connectivity index (χ3v) is 4.05. The molecule has 1 aromatic carbocycles. The fraction of sp³-hybridized carbons (Fsp3) is 0.533. The molecule has 1 aliphatic heterocycles. The molecule has 0 bridgehead atoms. The number of guanidine groups is 1. The Kier molecular flexibility index (Phi) is 3.98. The van der Waals surface area contributed by atoms with Gasteiger partial charge < -0.3 is 15.4 Å². The maximum absolute atomic E-state index is 6.09. The van der Waals surface area contributed by atoms with Gasteiger partial charge in [0.15, 0.2) is 5.96 Å². The van der Waals surface area contributed by atoms with Gasteiger partial charge >= 0.3 is 0 Å². The van der Waals surface area contributed by atoms with E-state index in [1.807, 2.05) is 24.3 Å². The first kappa shape index (κ1) is 15.1. The number of benzene rings is 1. The normalized spacial score (nSPS) is 23.1. The third kappa shape index (κ3) is 2.91. The van der Waals surface area contributed by atoms with Gasteiger partial charge in [0.2, 0.25) is 0 Å². The molecule has 0 aliphatic carbocycles. The number of halogens is 1. The second-order valence-corrected chi connectivity index (χ2v) is 6.56. The molecule has 1 atom stereocenters. The molecule has 0 radical (unpaired) electrons. The summed E-state index contributed by atoms with van der Waals surface area (Å²) in [6.07, 6.45) is 0.823. The van der Waals surface area contributed by atoms with Crippen LogP contribution in [0.5, 0.6) is 0 Å². The molecule has 0 fully saturated rings. The van der Waals surface area contributed by atoms with E-state index >= 15 is 0 Å². The van der Waals surface area contributed by atoms with Gasteiger partial charge in [-0.25, -0.2) is 0 Å². The van der Waals surface area contributed by atoms with E-state index in [1.165, 1.54) is 0 Å². The van der Waals surface area contributed by atoms with E-state index in [4.69, 9.17) is 22.1 Å². The standard InChI is InChI=1S/C15H22ClN3O/c1-14(2,20-4)9-15(3)10-18-13(17)19(15)12-7-5-11(16)6-8-12/h5-8H,9-10H2,1-4H3,(H2,17,18). The molecule has 5 heteroatoms. The van der Waals surface area contributed by atoms with Crippen LogP contribution in [0.1, 0.15) is 27.2 Å². The van der Waals surface area contributed by atoms with Crippen LogP contribution in [0.3, 0.4) is 0 Å². The van der Waals surface area contributed by atoms with Crippen LogP contribution in [0.4, 0.5) is 5.69 Å². The molecule has 0 saturated carbocycles. The Morgan fingerprint density at radius 1 is 1.40 bits per heavy atom. The Balaban J connectivity index is 2.32. The van der Waals surface area contributed by atoms with Crippen LogP contribution < -0.4 is 10.6 Å². The van der Waals surface area contributed by atoms with Crippen LogP contribution >= 0.6 is 11.6 Å². The van der Waals surface area contributed by atoms with Crippen LogP contribution in [0.25, 0.3) is 0 Å². The fourth-order valence-corrected chi connectivity index (χ4v) is 2.95. The van der Waals surface area contributed by atoms with Crippen molar-refractivity contribution < 1.29 is 4.74 Å².